The second-order valence-electron chi connectivity index (χ2n) is 11.8. The Morgan fingerprint density at radius 2 is 1.04 bits per heavy atom. The van der Waals surface area contributed by atoms with Crippen molar-refractivity contribution in [2.45, 2.75) is 0 Å². The first-order valence-electron chi connectivity index (χ1n) is 15.6. The molecule has 4 heteroatoms. The molecule has 6 aromatic carbocycles. The van der Waals surface area contributed by atoms with Crippen LogP contribution in [0.5, 0.6) is 0 Å². The van der Waals surface area contributed by atoms with Crippen molar-refractivity contribution in [1.29, 1.82) is 0 Å². The van der Waals surface area contributed by atoms with Crippen molar-refractivity contribution in [2.75, 3.05) is 0 Å². The van der Waals surface area contributed by atoms with Crippen LogP contribution in [0.4, 0.5) is 0 Å². The van der Waals surface area contributed by atoms with Gasteiger partial charge in [-0.2, -0.15) is 0 Å². The molecule has 0 aliphatic carbocycles. The Kier molecular flexibility index (Phi) is 5.25. The number of hydrogen-bond donors (Lipinski definition) is 0. The van der Waals surface area contributed by atoms with E-state index in [-0.39, 0.29) is 0 Å². The van der Waals surface area contributed by atoms with Gasteiger partial charge < -0.3 is 4.40 Å². The number of pyridine rings is 1. The van der Waals surface area contributed by atoms with Gasteiger partial charge in [-0.1, -0.05) is 127 Å². The molecule has 0 amide bonds. The van der Waals surface area contributed by atoms with Crippen LogP contribution < -0.4 is 0 Å². The topological polar surface area (TPSA) is 35.1 Å². The van der Waals surface area contributed by atoms with Gasteiger partial charge in [-0.25, -0.2) is 9.97 Å². The minimum absolute atomic E-state index is 0.701. The normalized spacial score (nSPS) is 11.9. The second kappa shape index (κ2) is 9.62. The Bertz CT molecular complexity index is 2730. The quantitative estimate of drug-likeness (QED) is 0.193. The number of fused-ring (bicyclic) bond motifs is 12. The molecule has 0 saturated heterocycles. The summed E-state index contributed by atoms with van der Waals surface area (Å²) < 4.78 is 4.79. The number of para-hydroxylation sites is 2. The number of aromatic nitrogens is 4. The van der Waals surface area contributed by atoms with E-state index in [2.05, 4.69) is 142 Å². The Morgan fingerprint density at radius 3 is 1.83 bits per heavy atom. The molecule has 0 aliphatic heterocycles. The van der Waals surface area contributed by atoms with E-state index in [1.165, 1.54) is 48.9 Å². The van der Waals surface area contributed by atoms with Gasteiger partial charge in [0.15, 0.2) is 5.82 Å². The van der Waals surface area contributed by atoms with Gasteiger partial charge in [0.2, 0.25) is 0 Å². The highest BCUT2D eigenvalue weighted by Gasteiger charge is 2.21. The predicted octanol–water partition coefficient (Wildman–Crippen LogP) is 10.6. The van der Waals surface area contributed by atoms with E-state index in [0.29, 0.717) is 5.82 Å². The molecule has 10 aromatic rings. The maximum Gasteiger partial charge on any atom is 0.162 e. The Morgan fingerprint density at radius 1 is 0.413 bits per heavy atom. The van der Waals surface area contributed by atoms with Crippen molar-refractivity contribution in [1.82, 2.24) is 18.9 Å². The second-order valence-corrected chi connectivity index (χ2v) is 11.8. The van der Waals surface area contributed by atoms with Crippen LogP contribution in [0.1, 0.15) is 0 Å². The first-order chi connectivity index (χ1) is 22.8. The zero-order valence-corrected chi connectivity index (χ0v) is 24.8. The van der Waals surface area contributed by atoms with Gasteiger partial charge >= 0.3 is 0 Å². The van der Waals surface area contributed by atoms with E-state index in [9.17, 15) is 0 Å². The first kappa shape index (κ1) is 25.1. The first-order valence-corrected chi connectivity index (χ1v) is 15.6. The third-order valence-corrected chi connectivity index (χ3v) is 9.28. The lowest BCUT2D eigenvalue weighted by Gasteiger charge is -2.15. The van der Waals surface area contributed by atoms with E-state index in [1.807, 2.05) is 24.3 Å². The predicted molar refractivity (Wildman–Crippen MR) is 191 cm³/mol. The standard InChI is InChI=1S/C42H26N4/c1-3-13-27(14-4-1)34-26-39(44-42(43-34)28-15-5-2-6-16-28)46-36-22-12-10-19-31(36)33-23-24-37-40(41(33)46)32-20-9-8-18-30(32)38-25-29-17-7-11-21-35(29)45(37)38/h1-26H. The van der Waals surface area contributed by atoms with Gasteiger partial charge in [-0.3, -0.25) is 4.57 Å². The molecule has 4 aromatic heterocycles. The summed E-state index contributed by atoms with van der Waals surface area (Å²) in [6, 6.07) is 55.9. The van der Waals surface area contributed by atoms with Crippen LogP contribution in [-0.4, -0.2) is 18.9 Å². The van der Waals surface area contributed by atoms with Crippen LogP contribution >= 0.6 is 0 Å². The lowest BCUT2D eigenvalue weighted by Crippen LogP contribution is -2.03. The summed E-state index contributed by atoms with van der Waals surface area (Å²) in [5.41, 5.74) is 8.78. The maximum absolute atomic E-state index is 5.31. The summed E-state index contributed by atoms with van der Waals surface area (Å²) in [5, 5.41) is 7.29. The van der Waals surface area contributed by atoms with Crippen LogP contribution in [0.3, 0.4) is 0 Å². The molecule has 0 aliphatic rings. The summed E-state index contributed by atoms with van der Waals surface area (Å²) in [5.74, 6) is 1.54. The smallest absolute Gasteiger partial charge is 0.162 e. The molecule has 0 radical (unpaired) electrons. The van der Waals surface area contributed by atoms with Crippen LogP contribution in [0.15, 0.2) is 158 Å². The Labute approximate surface area is 264 Å². The molecule has 4 nitrogen and oxygen atoms in total. The van der Waals surface area contributed by atoms with Crippen molar-refractivity contribution < 1.29 is 0 Å². The van der Waals surface area contributed by atoms with Crippen molar-refractivity contribution >= 4 is 59.9 Å². The van der Waals surface area contributed by atoms with Crippen molar-refractivity contribution in [3.05, 3.63) is 158 Å². The van der Waals surface area contributed by atoms with Crippen LogP contribution in [-0.2, 0) is 0 Å². The number of nitrogens with zero attached hydrogens (tertiary/aromatic N) is 4. The molecule has 46 heavy (non-hydrogen) atoms. The number of benzene rings is 6. The molecule has 10 rings (SSSR count). The third kappa shape index (κ3) is 3.55. The number of rotatable bonds is 3. The van der Waals surface area contributed by atoms with E-state index >= 15 is 0 Å². The highest BCUT2D eigenvalue weighted by Crippen LogP contribution is 2.42. The van der Waals surface area contributed by atoms with E-state index in [4.69, 9.17) is 9.97 Å². The summed E-state index contributed by atoms with van der Waals surface area (Å²) >= 11 is 0. The average Bonchev–Trinajstić information content (AvgIpc) is 3.69. The van der Waals surface area contributed by atoms with Crippen molar-refractivity contribution in [2.24, 2.45) is 0 Å². The minimum Gasteiger partial charge on any atom is -0.309 e. The zero-order valence-electron chi connectivity index (χ0n) is 24.8. The molecule has 4 heterocycles. The largest absolute Gasteiger partial charge is 0.309 e. The lowest BCUT2D eigenvalue weighted by atomic mass is 10.0. The SMILES string of the molecule is c1ccc(-c2cc(-n3c4ccccc4c4ccc5c(c6ccccc6c6cc7ccccc7n65)c43)nc(-c3ccccc3)n2)cc1. The average molecular weight is 587 g/mol. The van der Waals surface area contributed by atoms with Gasteiger partial charge in [-0.15, -0.1) is 0 Å². The Balaban J connectivity index is 1.43. The van der Waals surface area contributed by atoms with Crippen LogP contribution in [0, 0.1) is 0 Å². The minimum atomic E-state index is 0.701. The van der Waals surface area contributed by atoms with Gasteiger partial charge in [-0.05, 0) is 29.7 Å². The monoisotopic (exact) mass is 586 g/mol. The Hall–Kier alpha value is -6.26. The summed E-state index contributed by atoms with van der Waals surface area (Å²) in [7, 11) is 0. The van der Waals surface area contributed by atoms with E-state index < -0.39 is 0 Å². The third-order valence-electron chi connectivity index (χ3n) is 9.28. The molecule has 0 fully saturated rings. The summed E-state index contributed by atoms with van der Waals surface area (Å²) in [6.45, 7) is 0. The highest BCUT2D eigenvalue weighted by atomic mass is 15.1. The van der Waals surface area contributed by atoms with Crippen LogP contribution in [0.25, 0.3) is 88.4 Å². The lowest BCUT2D eigenvalue weighted by molar-refractivity contribution is 1.05. The molecule has 0 atom stereocenters. The molecular formula is C42H26N4. The number of hydrogen-bond acceptors (Lipinski definition) is 2. The molecule has 0 saturated carbocycles. The van der Waals surface area contributed by atoms with Crippen LogP contribution in [0.2, 0.25) is 0 Å². The summed E-state index contributed by atoms with van der Waals surface area (Å²) in [4.78, 5) is 10.4. The fraction of sp³-hybridized carbons (Fsp3) is 0. The molecule has 0 spiro atoms. The molecule has 0 unspecified atom stereocenters. The van der Waals surface area contributed by atoms with Gasteiger partial charge in [0.1, 0.15) is 5.82 Å². The van der Waals surface area contributed by atoms with Crippen molar-refractivity contribution in [3.63, 3.8) is 0 Å². The summed E-state index contributed by atoms with van der Waals surface area (Å²) in [6.07, 6.45) is 0. The molecular weight excluding hydrogens is 560 g/mol. The molecule has 214 valence electrons. The zero-order chi connectivity index (χ0) is 30.2. The highest BCUT2D eigenvalue weighted by molar-refractivity contribution is 6.27. The van der Waals surface area contributed by atoms with Gasteiger partial charge in [0.25, 0.3) is 0 Å². The fourth-order valence-corrected chi connectivity index (χ4v) is 7.30. The van der Waals surface area contributed by atoms with E-state index in [0.717, 1.165) is 33.7 Å². The molecule has 0 N–H and O–H groups in total. The maximum atomic E-state index is 5.31. The van der Waals surface area contributed by atoms with Gasteiger partial charge in [0.05, 0.1) is 33.3 Å². The molecule has 0 bridgehead atoms. The van der Waals surface area contributed by atoms with E-state index in [1.54, 1.807) is 0 Å². The fourth-order valence-electron chi connectivity index (χ4n) is 7.30. The van der Waals surface area contributed by atoms with Crippen molar-refractivity contribution in [3.8, 4) is 28.5 Å². The van der Waals surface area contributed by atoms with Gasteiger partial charge in [0, 0.05) is 44.1 Å².